The lowest BCUT2D eigenvalue weighted by atomic mass is 10.1. The molecule has 0 saturated carbocycles. The normalized spacial score (nSPS) is 9.89. The van der Waals surface area contributed by atoms with Crippen LogP contribution in [0.4, 0.5) is 0 Å². The summed E-state index contributed by atoms with van der Waals surface area (Å²) in [5.41, 5.74) is 0.692. The molecular formula is C16H12ClNO. The monoisotopic (exact) mass is 269 g/mol. The van der Waals surface area contributed by atoms with Crippen LogP contribution >= 0.6 is 0 Å². The summed E-state index contributed by atoms with van der Waals surface area (Å²) in [6, 6.07) is 19.2. The summed E-state index contributed by atoms with van der Waals surface area (Å²) in [6.07, 6.45) is 3.67. The van der Waals surface area contributed by atoms with E-state index in [1.165, 1.54) is 0 Å². The van der Waals surface area contributed by atoms with Gasteiger partial charge in [0, 0.05) is 11.5 Å². The van der Waals surface area contributed by atoms with E-state index in [4.69, 9.17) is 0 Å². The van der Waals surface area contributed by atoms with Crippen LogP contribution in [0.15, 0.2) is 73.1 Å². The van der Waals surface area contributed by atoms with E-state index in [2.05, 4.69) is 0 Å². The summed E-state index contributed by atoms with van der Waals surface area (Å²) < 4.78 is 1.62. The molecule has 3 aromatic rings. The zero-order valence-corrected chi connectivity index (χ0v) is 10.9. The molecule has 0 radical (unpaired) electrons. The number of carbonyl (C=O) groups is 1. The second kappa shape index (κ2) is 5.63. The van der Waals surface area contributed by atoms with E-state index in [1.54, 1.807) is 10.8 Å². The van der Waals surface area contributed by atoms with Gasteiger partial charge in [-0.2, -0.15) is 0 Å². The predicted octanol–water partition coefficient (Wildman–Crippen LogP) is -0.180. The van der Waals surface area contributed by atoms with Crippen molar-refractivity contribution in [2.24, 2.45) is 0 Å². The zero-order valence-electron chi connectivity index (χ0n) is 10.2. The summed E-state index contributed by atoms with van der Waals surface area (Å²) in [7, 11) is 0. The molecule has 19 heavy (non-hydrogen) atoms. The van der Waals surface area contributed by atoms with Crippen molar-refractivity contribution >= 4 is 16.7 Å². The van der Waals surface area contributed by atoms with Crippen LogP contribution in [0.5, 0.6) is 0 Å². The van der Waals surface area contributed by atoms with E-state index in [0.29, 0.717) is 5.56 Å². The Bertz CT molecular complexity index is 710. The zero-order chi connectivity index (χ0) is 12.4. The van der Waals surface area contributed by atoms with Crippen molar-refractivity contribution in [1.29, 1.82) is 0 Å². The molecule has 3 heteroatoms. The van der Waals surface area contributed by atoms with Crippen LogP contribution in [0.2, 0.25) is 0 Å². The van der Waals surface area contributed by atoms with Gasteiger partial charge in [0.2, 0.25) is 0 Å². The van der Waals surface area contributed by atoms with Crippen molar-refractivity contribution in [2.45, 2.75) is 0 Å². The quantitative estimate of drug-likeness (QED) is 0.562. The maximum atomic E-state index is 12.3. The van der Waals surface area contributed by atoms with Gasteiger partial charge in [-0.3, -0.25) is 0 Å². The molecule has 0 N–H and O–H groups in total. The lowest BCUT2D eigenvalue weighted by Gasteiger charge is -1.97. The van der Waals surface area contributed by atoms with Crippen LogP contribution in [0.1, 0.15) is 10.4 Å². The predicted molar refractivity (Wildman–Crippen MR) is 70.3 cm³/mol. The Labute approximate surface area is 117 Å². The topological polar surface area (TPSA) is 20.9 Å². The Kier molecular flexibility index (Phi) is 3.93. The minimum Gasteiger partial charge on any atom is -1.00 e. The second-order valence-corrected chi connectivity index (χ2v) is 4.15. The molecule has 0 amide bonds. The molecule has 0 aliphatic heterocycles. The largest absolute Gasteiger partial charge is 1.00 e. The molecule has 0 aliphatic rings. The van der Waals surface area contributed by atoms with E-state index in [1.807, 2.05) is 66.9 Å². The molecule has 94 valence electrons. The molecule has 0 atom stereocenters. The van der Waals surface area contributed by atoms with Gasteiger partial charge < -0.3 is 12.4 Å². The van der Waals surface area contributed by atoms with Gasteiger partial charge in [-0.05, 0) is 23.6 Å². The highest BCUT2D eigenvalue weighted by atomic mass is 35.5. The van der Waals surface area contributed by atoms with Crippen molar-refractivity contribution in [2.75, 3.05) is 0 Å². The van der Waals surface area contributed by atoms with E-state index >= 15 is 0 Å². The maximum Gasteiger partial charge on any atom is 0.424 e. The fourth-order valence-electron chi connectivity index (χ4n) is 1.99. The molecule has 1 heterocycles. The van der Waals surface area contributed by atoms with E-state index < -0.39 is 0 Å². The number of hydrogen-bond donors (Lipinski definition) is 0. The summed E-state index contributed by atoms with van der Waals surface area (Å²) >= 11 is 0. The van der Waals surface area contributed by atoms with Gasteiger partial charge in [0.15, 0.2) is 12.4 Å². The van der Waals surface area contributed by atoms with Crippen molar-refractivity contribution < 1.29 is 21.8 Å². The third-order valence-corrected chi connectivity index (χ3v) is 2.94. The Morgan fingerprint density at radius 1 is 0.789 bits per heavy atom. The number of benzene rings is 2. The number of hydrogen-bond acceptors (Lipinski definition) is 1. The van der Waals surface area contributed by atoms with Crippen LogP contribution in [-0.4, -0.2) is 5.91 Å². The first-order valence-electron chi connectivity index (χ1n) is 5.84. The van der Waals surface area contributed by atoms with Crippen molar-refractivity contribution in [3.63, 3.8) is 0 Å². The summed E-state index contributed by atoms with van der Waals surface area (Å²) in [4.78, 5) is 12.3. The average molecular weight is 270 g/mol. The number of rotatable bonds is 1. The molecule has 0 fully saturated rings. The number of aromatic nitrogens is 1. The number of halogens is 1. The highest BCUT2D eigenvalue weighted by Crippen LogP contribution is 2.10. The van der Waals surface area contributed by atoms with Gasteiger partial charge in [0.1, 0.15) is 0 Å². The van der Waals surface area contributed by atoms with Crippen LogP contribution in [0.3, 0.4) is 0 Å². The molecular weight excluding hydrogens is 258 g/mol. The molecule has 0 bridgehead atoms. The smallest absolute Gasteiger partial charge is 0.424 e. The fraction of sp³-hybridized carbons (Fsp3) is 0. The third-order valence-electron chi connectivity index (χ3n) is 2.94. The lowest BCUT2D eigenvalue weighted by Crippen LogP contribution is -3.00. The van der Waals surface area contributed by atoms with E-state index in [-0.39, 0.29) is 18.3 Å². The standard InChI is InChI=1S/C16H12NO.ClH/c18-16(14-7-2-1-3-8-14)17-11-10-13-6-4-5-9-15(13)12-17;/h1-12H;1H/q+1;/p-1. The molecule has 1 aromatic heterocycles. The van der Waals surface area contributed by atoms with Gasteiger partial charge >= 0.3 is 5.91 Å². The minimum absolute atomic E-state index is 0. The molecule has 0 spiro atoms. The Morgan fingerprint density at radius 3 is 2.16 bits per heavy atom. The van der Waals surface area contributed by atoms with E-state index in [0.717, 1.165) is 10.8 Å². The van der Waals surface area contributed by atoms with Gasteiger partial charge in [-0.1, -0.05) is 36.4 Å². The van der Waals surface area contributed by atoms with E-state index in [9.17, 15) is 4.79 Å². The molecule has 0 saturated heterocycles. The van der Waals surface area contributed by atoms with Crippen LogP contribution < -0.4 is 17.0 Å². The molecule has 2 nitrogen and oxygen atoms in total. The first kappa shape index (κ1) is 13.2. The summed E-state index contributed by atoms with van der Waals surface area (Å²) in [5, 5.41) is 2.19. The molecule has 2 aromatic carbocycles. The lowest BCUT2D eigenvalue weighted by molar-refractivity contribution is -0.569. The Hall–Kier alpha value is -2.19. The van der Waals surface area contributed by atoms with Crippen LogP contribution in [-0.2, 0) is 0 Å². The molecule has 0 unspecified atom stereocenters. The molecule has 0 aliphatic carbocycles. The van der Waals surface area contributed by atoms with Gasteiger partial charge in [-0.15, -0.1) is 4.57 Å². The van der Waals surface area contributed by atoms with Crippen molar-refractivity contribution in [1.82, 2.24) is 0 Å². The second-order valence-electron chi connectivity index (χ2n) is 4.15. The highest BCUT2D eigenvalue weighted by Gasteiger charge is 2.16. The summed E-state index contributed by atoms with van der Waals surface area (Å²) in [5.74, 6) is -0.0126. The van der Waals surface area contributed by atoms with Crippen LogP contribution in [0.25, 0.3) is 10.8 Å². The number of nitrogens with zero attached hydrogens (tertiary/aromatic N) is 1. The Balaban J connectivity index is 0.00000133. The first-order valence-corrected chi connectivity index (χ1v) is 5.84. The number of pyridine rings is 1. The first-order chi connectivity index (χ1) is 8.84. The third kappa shape index (κ3) is 2.64. The highest BCUT2D eigenvalue weighted by molar-refractivity contribution is 5.88. The Morgan fingerprint density at radius 2 is 1.42 bits per heavy atom. The maximum absolute atomic E-state index is 12.3. The molecule has 3 rings (SSSR count). The SMILES string of the molecule is O=C(c1ccccc1)[n+]1ccc2ccccc2c1.[Cl-]. The number of carbonyl (C=O) groups excluding carboxylic acids is 1. The van der Waals surface area contributed by atoms with Gasteiger partial charge in [0.25, 0.3) is 0 Å². The van der Waals surface area contributed by atoms with Crippen molar-refractivity contribution in [3.8, 4) is 0 Å². The summed E-state index contributed by atoms with van der Waals surface area (Å²) in [6.45, 7) is 0. The number of fused-ring (bicyclic) bond motifs is 1. The minimum atomic E-state index is -0.0126. The van der Waals surface area contributed by atoms with Gasteiger partial charge in [0.05, 0.1) is 5.56 Å². The average Bonchev–Trinajstić information content (AvgIpc) is 2.47. The van der Waals surface area contributed by atoms with Crippen molar-refractivity contribution in [3.05, 3.63) is 78.6 Å². The van der Waals surface area contributed by atoms with Gasteiger partial charge in [-0.25, -0.2) is 4.79 Å². The van der Waals surface area contributed by atoms with Crippen LogP contribution in [0, 0.1) is 0 Å². The fourth-order valence-corrected chi connectivity index (χ4v) is 1.99.